The van der Waals surface area contributed by atoms with E-state index in [2.05, 4.69) is 10.4 Å². The maximum absolute atomic E-state index is 13.0. The third kappa shape index (κ3) is 4.02. The maximum atomic E-state index is 13.0. The number of carbonyl (C=O) groups excluding carboxylic acids is 1. The molecule has 2 aromatic rings. The minimum Gasteiger partial charge on any atom is -0.486 e. The summed E-state index contributed by atoms with van der Waals surface area (Å²) in [7, 11) is 0. The molecule has 0 saturated carbocycles. The van der Waals surface area contributed by atoms with Crippen LogP contribution in [0.15, 0.2) is 30.6 Å². The topological polar surface area (TPSA) is 68.6 Å². The second kappa shape index (κ2) is 7.90. The molecule has 1 aromatic heterocycles. The summed E-state index contributed by atoms with van der Waals surface area (Å²) in [5.41, 5.74) is 1.75. The maximum Gasteiger partial charge on any atom is 0.322 e. The van der Waals surface area contributed by atoms with Crippen LogP contribution in [0.3, 0.4) is 0 Å². The van der Waals surface area contributed by atoms with Crippen LogP contribution in [0.2, 0.25) is 0 Å². The van der Waals surface area contributed by atoms with Crippen LogP contribution in [0.4, 0.5) is 10.5 Å². The zero-order chi connectivity index (χ0) is 18.6. The highest BCUT2D eigenvalue weighted by atomic mass is 16.6. The van der Waals surface area contributed by atoms with E-state index in [0.29, 0.717) is 19.0 Å². The first-order chi connectivity index (χ1) is 13.2. The smallest absolute Gasteiger partial charge is 0.322 e. The number of rotatable bonds is 4. The van der Waals surface area contributed by atoms with Crippen molar-refractivity contribution in [3.63, 3.8) is 0 Å². The summed E-state index contributed by atoms with van der Waals surface area (Å²) in [6.45, 7) is 4.68. The molecule has 2 aliphatic heterocycles. The molecule has 7 nitrogen and oxygen atoms in total. The van der Waals surface area contributed by atoms with Gasteiger partial charge in [0.15, 0.2) is 11.5 Å². The largest absolute Gasteiger partial charge is 0.486 e. The summed E-state index contributed by atoms with van der Waals surface area (Å²) in [6, 6.07) is 5.91. The summed E-state index contributed by atoms with van der Waals surface area (Å²) in [5, 5.41) is 7.34. The number of aromatic nitrogens is 2. The fraction of sp³-hybridized carbons (Fsp3) is 0.500. The van der Waals surface area contributed by atoms with Gasteiger partial charge < -0.3 is 19.7 Å². The Kier molecular flexibility index (Phi) is 5.18. The van der Waals surface area contributed by atoms with Gasteiger partial charge in [-0.2, -0.15) is 5.10 Å². The van der Waals surface area contributed by atoms with Gasteiger partial charge in [-0.3, -0.25) is 4.68 Å². The quantitative estimate of drug-likeness (QED) is 0.895. The number of benzene rings is 1. The van der Waals surface area contributed by atoms with E-state index in [9.17, 15) is 4.79 Å². The van der Waals surface area contributed by atoms with Gasteiger partial charge in [0.25, 0.3) is 0 Å². The Morgan fingerprint density at radius 1 is 1.26 bits per heavy atom. The van der Waals surface area contributed by atoms with Gasteiger partial charge in [-0.25, -0.2) is 4.79 Å². The Labute approximate surface area is 159 Å². The van der Waals surface area contributed by atoms with Crippen LogP contribution in [0.5, 0.6) is 11.5 Å². The van der Waals surface area contributed by atoms with Gasteiger partial charge in [0.05, 0.1) is 0 Å². The van der Waals surface area contributed by atoms with Crippen molar-refractivity contribution in [3.8, 4) is 11.5 Å². The average Bonchev–Trinajstić information content (AvgIpc) is 3.21. The fourth-order valence-corrected chi connectivity index (χ4v) is 3.79. The number of piperidine rings is 1. The van der Waals surface area contributed by atoms with Crippen LogP contribution < -0.4 is 14.8 Å². The van der Waals surface area contributed by atoms with Gasteiger partial charge in [0.1, 0.15) is 13.2 Å². The predicted octanol–water partition coefficient (Wildman–Crippen LogP) is 3.44. The lowest BCUT2D eigenvalue weighted by molar-refractivity contribution is 0.154. The number of aryl methyl sites for hydroxylation is 2. The number of anilines is 1. The third-order valence-corrected chi connectivity index (χ3v) is 5.27. The molecule has 0 spiro atoms. The van der Waals surface area contributed by atoms with Crippen molar-refractivity contribution >= 4 is 11.7 Å². The third-order valence-electron chi connectivity index (χ3n) is 5.27. The van der Waals surface area contributed by atoms with Crippen molar-refractivity contribution in [2.75, 3.05) is 25.1 Å². The van der Waals surface area contributed by atoms with Crippen molar-refractivity contribution in [2.24, 2.45) is 0 Å². The first-order valence-electron chi connectivity index (χ1n) is 9.66. The molecule has 7 heteroatoms. The highest BCUT2D eigenvalue weighted by Gasteiger charge is 2.27. The first kappa shape index (κ1) is 17.7. The van der Waals surface area contributed by atoms with Gasteiger partial charge in [-0.1, -0.05) is 0 Å². The molecule has 1 aromatic carbocycles. The first-order valence-corrected chi connectivity index (χ1v) is 9.66. The molecule has 2 amide bonds. The molecule has 2 aliphatic rings. The second-order valence-corrected chi connectivity index (χ2v) is 7.14. The Morgan fingerprint density at radius 2 is 2.07 bits per heavy atom. The van der Waals surface area contributed by atoms with Crippen LogP contribution in [0.25, 0.3) is 0 Å². The monoisotopic (exact) mass is 370 g/mol. The molecule has 1 atom stereocenters. The van der Waals surface area contributed by atoms with Gasteiger partial charge >= 0.3 is 6.03 Å². The molecule has 0 radical (unpaired) electrons. The van der Waals surface area contributed by atoms with Crippen molar-refractivity contribution in [2.45, 2.75) is 45.2 Å². The summed E-state index contributed by atoms with van der Waals surface area (Å²) < 4.78 is 13.2. The number of hydrogen-bond acceptors (Lipinski definition) is 4. The predicted molar refractivity (Wildman–Crippen MR) is 102 cm³/mol. The van der Waals surface area contributed by atoms with Crippen molar-refractivity contribution in [3.05, 3.63) is 36.2 Å². The van der Waals surface area contributed by atoms with Crippen molar-refractivity contribution in [1.29, 1.82) is 0 Å². The lowest BCUT2D eigenvalue weighted by atomic mass is 10.00. The summed E-state index contributed by atoms with van der Waals surface area (Å²) in [4.78, 5) is 15.0. The standard InChI is InChI=1S/C20H26N4O3/c1-15-13-18-19(27-12-11-26-18)14-17(15)22-20(25)24-9-3-2-5-16(24)6-10-23-8-4-7-21-23/h4,7-8,13-14,16H,2-3,5-6,9-12H2,1H3,(H,22,25). The SMILES string of the molecule is Cc1cc2c(cc1NC(=O)N1CCCCC1CCn1cccn1)OCCO2. The number of fused-ring (bicyclic) bond motifs is 1. The Bertz CT molecular complexity index is 791. The van der Waals surface area contributed by atoms with E-state index in [-0.39, 0.29) is 12.1 Å². The van der Waals surface area contributed by atoms with Crippen LogP contribution in [-0.4, -0.2) is 46.5 Å². The molecular weight excluding hydrogens is 344 g/mol. The Morgan fingerprint density at radius 3 is 2.85 bits per heavy atom. The number of amides is 2. The lowest BCUT2D eigenvalue weighted by Crippen LogP contribution is -2.46. The molecule has 27 heavy (non-hydrogen) atoms. The number of carbonyl (C=O) groups is 1. The molecular formula is C20H26N4O3. The van der Waals surface area contributed by atoms with Gasteiger partial charge in [0, 0.05) is 43.3 Å². The normalized spacial score (nSPS) is 19.0. The number of ether oxygens (including phenoxy) is 2. The number of nitrogens with zero attached hydrogens (tertiary/aromatic N) is 3. The van der Waals surface area contributed by atoms with Crippen LogP contribution in [-0.2, 0) is 6.54 Å². The highest BCUT2D eigenvalue weighted by Crippen LogP contribution is 2.35. The highest BCUT2D eigenvalue weighted by molar-refractivity contribution is 5.91. The summed E-state index contributed by atoms with van der Waals surface area (Å²) >= 11 is 0. The van der Waals surface area contributed by atoms with Crippen molar-refractivity contribution in [1.82, 2.24) is 14.7 Å². The van der Waals surface area contributed by atoms with Gasteiger partial charge in [-0.15, -0.1) is 0 Å². The molecule has 4 rings (SSSR count). The van der Waals surface area contributed by atoms with E-state index < -0.39 is 0 Å². The van der Waals surface area contributed by atoms with E-state index >= 15 is 0 Å². The molecule has 1 N–H and O–H groups in total. The molecule has 0 aliphatic carbocycles. The van der Waals surface area contributed by atoms with Crippen LogP contribution in [0.1, 0.15) is 31.2 Å². The second-order valence-electron chi connectivity index (χ2n) is 7.14. The lowest BCUT2D eigenvalue weighted by Gasteiger charge is -2.36. The number of nitrogens with one attached hydrogen (secondary N) is 1. The molecule has 1 fully saturated rings. The number of likely N-dealkylation sites (tertiary alicyclic amines) is 1. The summed E-state index contributed by atoms with van der Waals surface area (Å²) in [6.07, 6.45) is 7.91. The van der Waals surface area contributed by atoms with Crippen LogP contribution >= 0.6 is 0 Å². The minimum atomic E-state index is -0.0417. The Hall–Kier alpha value is -2.70. The molecule has 1 saturated heterocycles. The average molecular weight is 370 g/mol. The minimum absolute atomic E-state index is 0.0417. The fourth-order valence-electron chi connectivity index (χ4n) is 3.79. The Balaban J connectivity index is 1.44. The van der Waals surface area contributed by atoms with E-state index in [1.807, 2.05) is 40.9 Å². The zero-order valence-electron chi connectivity index (χ0n) is 15.7. The zero-order valence-corrected chi connectivity index (χ0v) is 15.7. The van der Waals surface area contributed by atoms with Crippen molar-refractivity contribution < 1.29 is 14.3 Å². The summed E-state index contributed by atoms with van der Waals surface area (Å²) in [5.74, 6) is 1.43. The van der Waals surface area contributed by atoms with Gasteiger partial charge in [-0.05, 0) is 50.3 Å². The molecule has 3 heterocycles. The van der Waals surface area contributed by atoms with Gasteiger partial charge in [0.2, 0.25) is 0 Å². The van der Waals surface area contributed by atoms with E-state index in [4.69, 9.17) is 9.47 Å². The molecule has 0 bridgehead atoms. The van der Waals surface area contributed by atoms with Crippen LogP contribution in [0, 0.1) is 6.92 Å². The van der Waals surface area contributed by atoms with E-state index in [0.717, 1.165) is 55.8 Å². The van der Waals surface area contributed by atoms with E-state index in [1.54, 1.807) is 6.20 Å². The number of urea groups is 1. The molecule has 1 unspecified atom stereocenters. The number of hydrogen-bond donors (Lipinski definition) is 1. The van der Waals surface area contributed by atoms with E-state index in [1.165, 1.54) is 0 Å². The molecule has 144 valence electrons.